The van der Waals surface area contributed by atoms with Crippen molar-refractivity contribution in [1.29, 1.82) is 0 Å². The molecule has 0 bridgehead atoms. The summed E-state index contributed by atoms with van der Waals surface area (Å²) in [5.41, 5.74) is 5.59. The summed E-state index contributed by atoms with van der Waals surface area (Å²) in [7, 11) is 0. The molecule has 0 unspecified atom stereocenters. The Morgan fingerprint density at radius 3 is 1.82 bits per heavy atom. The van der Waals surface area contributed by atoms with E-state index in [0.29, 0.717) is 0 Å². The Kier molecular flexibility index (Phi) is 4.59. The second kappa shape index (κ2) is 8.26. The van der Waals surface area contributed by atoms with Crippen LogP contribution in [0.25, 0.3) is 76.4 Å². The van der Waals surface area contributed by atoms with Gasteiger partial charge >= 0.3 is 0 Å². The summed E-state index contributed by atoms with van der Waals surface area (Å²) in [5, 5.41) is 11.3. The normalized spacial score (nSPS) is 11.7. The van der Waals surface area contributed by atoms with Crippen molar-refractivity contribution < 1.29 is 0 Å². The zero-order valence-corrected chi connectivity index (χ0v) is 20.7. The zero-order valence-electron chi connectivity index (χ0n) is 20.7. The summed E-state index contributed by atoms with van der Waals surface area (Å²) in [4.78, 5) is 5.21. The summed E-state index contributed by atoms with van der Waals surface area (Å²) in [6.45, 7) is 0. The van der Waals surface area contributed by atoms with Gasteiger partial charge in [0, 0.05) is 21.7 Å². The van der Waals surface area contributed by atoms with Gasteiger partial charge in [-0.3, -0.25) is 0 Å². The predicted octanol–water partition coefficient (Wildman–Crippen LogP) is 10.2. The molecule has 8 rings (SSSR count). The van der Waals surface area contributed by atoms with Crippen molar-refractivity contribution in [3.63, 3.8) is 0 Å². The topological polar surface area (TPSA) is 12.9 Å². The third kappa shape index (κ3) is 3.22. The van der Waals surface area contributed by atoms with Gasteiger partial charge in [0.1, 0.15) is 0 Å². The molecule has 0 fully saturated rings. The molecule has 7 aromatic carbocycles. The first-order valence-electron chi connectivity index (χ1n) is 13.1. The van der Waals surface area contributed by atoms with Crippen LogP contribution in [-0.4, -0.2) is 4.98 Å². The monoisotopic (exact) mass is 481 g/mol. The molecule has 0 radical (unpaired) electrons. The van der Waals surface area contributed by atoms with Gasteiger partial charge in [-0.2, -0.15) is 0 Å². The number of nitrogens with zero attached hydrogens (tertiary/aromatic N) is 1. The van der Waals surface area contributed by atoms with Gasteiger partial charge < -0.3 is 0 Å². The molecule has 0 amide bonds. The second-order valence-electron chi connectivity index (χ2n) is 9.99. The number of aromatic nitrogens is 1. The van der Waals surface area contributed by atoms with E-state index in [1.165, 1.54) is 59.6 Å². The van der Waals surface area contributed by atoms with Crippen LogP contribution in [0, 0.1) is 0 Å². The lowest BCUT2D eigenvalue weighted by molar-refractivity contribution is 1.43. The molecule has 0 spiro atoms. The second-order valence-corrected chi connectivity index (χ2v) is 9.99. The Morgan fingerprint density at radius 1 is 0.342 bits per heavy atom. The van der Waals surface area contributed by atoms with Gasteiger partial charge in [0.2, 0.25) is 0 Å². The fraction of sp³-hybridized carbons (Fsp3) is 0. The molecular formula is C37H23N. The highest BCUT2D eigenvalue weighted by Crippen LogP contribution is 2.38. The average Bonchev–Trinajstić information content (AvgIpc) is 3.00. The van der Waals surface area contributed by atoms with E-state index in [0.717, 1.165) is 16.8 Å². The Bertz CT molecular complexity index is 2170. The standard InChI is InChI=1S/C37H23N/c1-3-12-30-24(8-1)16-17-26-18-19-28(23-34(26)30)27-10-7-11-29(22-27)37-33-21-20-25-9-2-4-13-31(25)36(33)32-14-5-6-15-35(32)38-37/h1-23H. The highest BCUT2D eigenvalue weighted by molar-refractivity contribution is 6.22. The number of pyridine rings is 1. The number of para-hydroxylation sites is 1. The number of fused-ring (bicyclic) bond motifs is 8. The molecule has 0 N–H and O–H groups in total. The van der Waals surface area contributed by atoms with Crippen molar-refractivity contribution in [2.75, 3.05) is 0 Å². The van der Waals surface area contributed by atoms with Gasteiger partial charge in [-0.15, -0.1) is 0 Å². The van der Waals surface area contributed by atoms with Crippen LogP contribution in [0.4, 0.5) is 0 Å². The van der Waals surface area contributed by atoms with Gasteiger partial charge in [-0.1, -0.05) is 121 Å². The van der Waals surface area contributed by atoms with Crippen LogP contribution in [0.2, 0.25) is 0 Å². The van der Waals surface area contributed by atoms with Crippen LogP contribution in [0.3, 0.4) is 0 Å². The van der Waals surface area contributed by atoms with Crippen molar-refractivity contribution in [2.45, 2.75) is 0 Å². The summed E-state index contributed by atoms with van der Waals surface area (Å²) < 4.78 is 0. The lowest BCUT2D eigenvalue weighted by atomic mass is 9.93. The van der Waals surface area contributed by atoms with Crippen LogP contribution in [-0.2, 0) is 0 Å². The molecule has 1 aromatic heterocycles. The first-order valence-corrected chi connectivity index (χ1v) is 13.1. The Morgan fingerprint density at radius 2 is 0.947 bits per heavy atom. The van der Waals surface area contributed by atoms with Crippen molar-refractivity contribution in [3.8, 4) is 22.4 Å². The molecule has 0 atom stereocenters. The minimum atomic E-state index is 1.02. The van der Waals surface area contributed by atoms with Crippen molar-refractivity contribution in [1.82, 2.24) is 4.98 Å². The average molecular weight is 482 g/mol. The third-order valence-corrected chi connectivity index (χ3v) is 7.81. The van der Waals surface area contributed by atoms with E-state index in [1.54, 1.807) is 0 Å². The Balaban J connectivity index is 1.37. The molecular weight excluding hydrogens is 458 g/mol. The highest BCUT2D eigenvalue weighted by atomic mass is 14.7. The maximum atomic E-state index is 5.21. The predicted molar refractivity (Wildman–Crippen MR) is 163 cm³/mol. The van der Waals surface area contributed by atoms with E-state index in [-0.39, 0.29) is 0 Å². The van der Waals surface area contributed by atoms with Crippen molar-refractivity contribution in [3.05, 3.63) is 140 Å². The fourth-order valence-corrected chi connectivity index (χ4v) is 5.97. The minimum absolute atomic E-state index is 1.02. The summed E-state index contributed by atoms with van der Waals surface area (Å²) in [6, 6.07) is 50.3. The van der Waals surface area contributed by atoms with Crippen molar-refractivity contribution in [2.24, 2.45) is 0 Å². The summed E-state index contributed by atoms with van der Waals surface area (Å²) in [6.07, 6.45) is 0. The first-order chi connectivity index (χ1) is 18.8. The highest BCUT2D eigenvalue weighted by Gasteiger charge is 2.14. The molecule has 0 aliphatic heterocycles. The Hall–Kier alpha value is -5.01. The van der Waals surface area contributed by atoms with Gasteiger partial charge in [0.15, 0.2) is 0 Å². The quantitative estimate of drug-likeness (QED) is 0.224. The van der Waals surface area contributed by atoms with Crippen molar-refractivity contribution >= 4 is 54.0 Å². The molecule has 38 heavy (non-hydrogen) atoms. The van der Waals surface area contributed by atoms with E-state index < -0.39 is 0 Å². The molecule has 1 heteroatoms. The number of hydrogen-bond acceptors (Lipinski definition) is 1. The smallest absolute Gasteiger partial charge is 0.0788 e. The van der Waals surface area contributed by atoms with Gasteiger partial charge in [0.25, 0.3) is 0 Å². The lowest BCUT2D eigenvalue weighted by Crippen LogP contribution is -1.91. The zero-order chi connectivity index (χ0) is 25.1. The molecule has 0 aliphatic carbocycles. The van der Waals surface area contributed by atoms with Gasteiger partial charge in [0.05, 0.1) is 11.2 Å². The van der Waals surface area contributed by atoms with Gasteiger partial charge in [-0.25, -0.2) is 4.98 Å². The summed E-state index contributed by atoms with van der Waals surface area (Å²) in [5.74, 6) is 0. The maximum Gasteiger partial charge on any atom is 0.0788 e. The van der Waals surface area contributed by atoms with Gasteiger partial charge in [-0.05, 0) is 61.6 Å². The van der Waals surface area contributed by atoms with Crippen LogP contribution < -0.4 is 0 Å². The minimum Gasteiger partial charge on any atom is -0.247 e. The maximum absolute atomic E-state index is 5.21. The lowest BCUT2D eigenvalue weighted by Gasteiger charge is -2.14. The van der Waals surface area contributed by atoms with E-state index >= 15 is 0 Å². The number of benzene rings is 7. The largest absolute Gasteiger partial charge is 0.247 e. The summed E-state index contributed by atoms with van der Waals surface area (Å²) >= 11 is 0. The van der Waals surface area contributed by atoms with Crippen LogP contribution >= 0.6 is 0 Å². The van der Waals surface area contributed by atoms with E-state index in [4.69, 9.17) is 4.98 Å². The molecule has 0 aliphatic rings. The SMILES string of the molecule is c1cc(-c2ccc3ccc4ccccc4c3c2)cc(-c2nc3ccccc3c3c2ccc2ccccc23)c1. The first kappa shape index (κ1) is 21.1. The van der Waals surface area contributed by atoms with Crippen LogP contribution in [0.15, 0.2) is 140 Å². The number of rotatable bonds is 2. The van der Waals surface area contributed by atoms with Crippen LogP contribution in [0.1, 0.15) is 0 Å². The molecule has 176 valence electrons. The number of hydrogen-bond donors (Lipinski definition) is 0. The molecule has 1 nitrogen and oxygen atoms in total. The van der Waals surface area contributed by atoms with Crippen LogP contribution in [0.5, 0.6) is 0 Å². The molecule has 1 heterocycles. The molecule has 8 aromatic rings. The van der Waals surface area contributed by atoms with E-state index in [9.17, 15) is 0 Å². The fourth-order valence-electron chi connectivity index (χ4n) is 5.97. The molecule has 0 saturated heterocycles. The van der Waals surface area contributed by atoms with E-state index in [1.807, 2.05) is 0 Å². The molecule has 0 saturated carbocycles. The van der Waals surface area contributed by atoms with E-state index in [2.05, 4.69) is 140 Å². The Labute approximate surface area is 220 Å². The third-order valence-electron chi connectivity index (χ3n) is 7.81.